The topological polar surface area (TPSA) is 101 Å². The van der Waals surface area contributed by atoms with Crippen molar-refractivity contribution in [3.63, 3.8) is 0 Å². The predicted octanol–water partition coefficient (Wildman–Crippen LogP) is 0.519. The first-order valence-corrected chi connectivity index (χ1v) is 10.7. The number of sulfone groups is 1. The third-order valence-electron chi connectivity index (χ3n) is 3.88. The van der Waals surface area contributed by atoms with Crippen LogP contribution in [0.5, 0.6) is 0 Å². The molecular formula is C15H22N2O5S2. The summed E-state index contributed by atoms with van der Waals surface area (Å²) in [4.78, 5) is 12.0. The normalized spacial score (nSPS) is 16.8. The van der Waals surface area contributed by atoms with E-state index in [1.165, 1.54) is 45.3 Å². The quantitative estimate of drug-likeness (QED) is 0.750. The lowest BCUT2D eigenvalue weighted by Gasteiger charge is -2.15. The molecule has 1 aliphatic carbocycles. The van der Waals surface area contributed by atoms with Crippen LogP contribution < -0.4 is 5.32 Å². The first kappa shape index (κ1) is 18.9. The summed E-state index contributed by atoms with van der Waals surface area (Å²) in [6.07, 6.45) is 1.76. The van der Waals surface area contributed by atoms with Crippen LogP contribution in [0.3, 0.4) is 0 Å². The van der Waals surface area contributed by atoms with Crippen LogP contribution in [0.25, 0.3) is 0 Å². The molecule has 134 valence electrons. The summed E-state index contributed by atoms with van der Waals surface area (Å²) < 4.78 is 50.2. The molecule has 2 rings (SSSR count). The lowest BCUT2D eigenvalue weighted by Crippen LogP contribution is -2.39. The summed E-state index contributed by atoms with van der Waals surface area (Å²) >= 11 is 0. The third-order valence-corrected chi connectivity index (χ3v) is 7.71. The molecule has 1 aliphatic rings. The van der Waals surface area contributed by atoms with Crippen molar-refractivity contribution in [2.24, 2.45) is 0 Å². The zero-order chi connectivity index (χ0) is 18.1. The lowest BCUT2D eigenvalue weighted by atomic mass is 10.2. The van der Waals surface area contributed by atoms with Gasteiger partial charge in [-0.3, -0.25) is 4.79 Å². The van der Waals surface area contributed by atoms with Gasteiger partial charge >= 0.3 is 0 Å². The molecule has 0 saturated heterocycles. The van der Waals surface area contributed by atoms with Gasteiger partial charge in [0, 0.05) is 20.1 Å². The van der Waals surface area contributed by atoms with Crippen LogP contribution in [-0.2, 0) is 30.4 Å². The predicted molar refractivity (Wildman–Crippen MR) is 90.6 cm³/mol. The SMILES string of the molecule is C[C@H](C(=O)NC1CC1)S(=O)(=O)Cc1cccc(S(=O)(=O)N(C)C)c1. The first-order chi connectivity index (χ1) is 11.0. The van der Waals surface area contributed by atoms with Crippen LogP contribution in [0.1, 0.15) is 25.3 Å². The molecule has 0 unspecified atom stereocenters. The van der Waals surface area contributed by atoms with Gasteiger partial charge in [0.2, 0.25) is 15.9 Å². The summed E-state index contributed by atoms with van der Waals surface area (Å²) in [6, 6.07) is 5.87. The third kappa shape index (κ3) is 4.34. The van der Waals surface area contributed by atoms with E-state index in [0.717, 1.165) is 17.1 Å². The molecule has 1 aromatic rings. The Morgan fingerprint density at radius 1 is 1.25 bits per heavy atom. The Morgan fingerprint density at radius 2 is 1.88 bits per heavy atom. The van der Waals surface area contributed by atoms with E-state index in [9.17, 15) is 21.6 Å². The molecule has 9 heteroatoms. The molecule has 0 radical (unpaired) electrons. The summed E-state index contributed by atoms with van der Waals surface area (Å²) in [6.45, 7) is 1.35. The fourth-order valence-corrected chi connectivity index (χ4v) is 4.33. The largest absolute Gasteiger partial charge is 0.352 e. The molecule has 1 atom stereocenters. The minimum atomic E-state index is -3.73. The Morgan fingerprint density at radius 3 is 2.42 bits per heavy atom. The maximum atomic E-state index is 12.4. The highest BCUT2D eigenvalue weighted by atomic mass is 32.2. The number of carbonyl (C=O) groups excluding carboxylic acids is 1. The zero-order valence-corrected chi connectivity index (χ0v) is 15.5. The van der Waals surface area contributed by atoms with Crippen LogP contribution in [-0.4, -0.2) is 52.4 Å². The number of sulfonamides is 1. The van der Waals surface area contributed by atoms with Gasteiger partial charge < -0.3 is 5.32 Å². The highest BCUT2D eigenvalue weighted by Gasteiger charge is 2.32. The maximum Gasteiger partial charge on any atom is 0.242 e. The van der Waals surface area contributed by atoms with Crippen molar-refractivity contribution >= 4 is 25.8 Å². The number of rotatable bonds is 7. The van der Waals surface area contributed by atoms with Gasteiger partial charge in [-0.2, -0.15) is 0 Å². The van der Waals surface area contributed by atoms with Crippen molar-refractivity contribution in [3.05, 3.63) is 29.8 Å². The Kier molecular flexibility index (Phi) is 5.36. The van der Waals surface area contributed by atoms with Gasteiger partial charge in [0.05, 0.1) is 10.6 Å². The van der Waals surface area contributed by atoms with E-state index in [0.29, 0.717) is 5.56 Å². The van der Waals surface area contributed by atoms with E-state index < -0.39 is 31.0 Å². The van der Waals surface area contributed by atoms with Gasteiger partial charge in [0.1, 0.15) is 5.25 Å². The molecule has 0 spiro atoms. The molecular weight excluding hydrogens is 352 g/mol. The molecule has 1 N–H and O–H groups in total. The average molecular weight is 374 g/mol. The van der Waals surface area contributed by atoms with Gasteiger partial charge in [-0.05, 0) is 37.5 Å². The van der Waals surface area contributed by atoms with Crippen molar-refractivity contribution in [2.45, 2.75) is 41.7 Å². The number of amides is 1. The summed E-state index contributed by atoms with van der Waals surface area (Å²) in [5.74, 6) is -0.891. The molecule has 0 bridgehead atoms. The first-order valence-electron chi connectivity index (χ1n) is 7.57. The monoisotopic (exact) mass is 374 g/mol. The van der Waals surface area contributed by atoms with Gasteiger partial charge in [0.25, 0.3) is 0 Å². The fraction of sp³-hybridized carbons (Fsp3) is 0.533. The van der Waals surface area contributed by atoms with Crippen LogP contribution >= 0.6 is 0 Å². The molecule has 0 heterocycles. The van der Waals surface area contributed by atoms with Crippen molar-refractivity contribution in [3.8, 4) is 0 Å². The smallest absolute Gasteiger partial charge is 0.242 e. The summed E-state index contributed by atoms with van der Waals surface area (Å²) in [7, 11) is -4.56. The second kappa shape index (κ2) is 6.81. The van der Waals surface area contributed by atoms with Gasteiger partial charge in [-0.25, -0.2) is 21.1 Å². The molecule has 1 aromatic carbocycles. The second-order valence-corrected chi connectivity index (χ2v) is 10.6. The number of hydrogen-bond donors (Lipinski definition) is 1. The van der Waals surface area contributed by atoms with Crippen molar-refractivity contribution in [1.82, 2.24) is 9.62 Å². The number of nitrogens with one attached hydrogen (secondary N) is 1. The Balaban J connectivity index is 2.19. The number of hydrogen-bond acceptors (Lipinski definition) is 5. The van der Waals surface area contributed by atoms with E-state index in [-0.39, 0.29) is 16.7 Å². The molecule has 7 nitrogen and oxygen atoms in total. The number of carbonyl (C=O) groups is 1. The Labute approximate surface area is 143 Å². The van der Waals surface area contributed by atoms with E-state index in [1.54, 1.807) is 0 Å². The summed E-state index contributed by atoms with van der Waals surface area (Å²) in [5, 5.41) is 1.50. The lowest BCUT2D eigenvalue weighted by molar-refractivity contribution is -0.120. The molecule has 0 aromatic heterocycles. The molecule has 1 amide bonds. The van der Waals surface area contributed by atoms with Crippen LogP contribution in [0.2, 0.25) is 0 Å². The average Bonchev–Trinajstić information content (AvgIpc) is 3.29. The molecule has 24 heavy (non-hydrogen) atoms. The molecule has 1 fully saturated rings. The van der Waals surface area contributed by atoms with Crippen molar-refractivity contribution < 1.29 is 21.6 Å². The zero-order valence-electron chi connectivity index (χ0n) is 13.9. The number of benzene rings is 1. The van der Waals surface area contributed by atoms with Gasteiger partial charge in [-0.15, -0.1) is 0 Å². The molecule has 0 aliphatic heterocycles. The van der Waals surface area contributed by atoms with Crippen molar-refractivity contribution in [2.75, 3.05) is 14.1 Å². The Bertz CT molecular complexity index is 827. The van der Waals surface area contributed by atoms with Gasteiger partial charge in [-0.1, -0.05) is 12.1 Å². The van der Waals surface area contributed by atoms with Gasteiger partial charge in [0.15, 0.2) is 9.84 Å². The highest BCUT2D eigenvalue weighted by molar-refractivity contribution is 7.92. The second-order valence-electron chi connectivity index (χ2n) is 6.17. The van der Waals surface area contributed by atoms with E-state index in [4.69, 9.17) is 0 Å². The van der Waals surface area contributed by atoms with E-state index >= 15 is 0 Å². The standard InChI is InChI=1S/C15H22N2O5S2/c1-11(15(18)16-13-7-8-13)23(19,20)10-12-5-4-6-14(9-12)24(21,22)17(2)3/h4-6,9,11,13H,7-8,10H2,1-3H3,(H,16,18)/t11-/m1/s1. The number of nitrogens with zero attached hydrogens (tertiary/aromatic N) is 1. The Hall–Kier alpha value is -1.45. The molecule has 1 saturated carbocycles. The maximum absolute atomic E-state index is 12.4. The van der Waals surface area contributed by atoms with E-state index in [1.807, 2.05) is 0 Å². The summed E-state index contributed by atoms with van der Waals surface area (Å²) in [5.41, 5.74) is 0.337. The minimum absolute atomic E-state index is 0.0234. The van der Waals surface area contributed by atoms with Crippen LogP contribution in [0.15, 0.2) is 29.2 Å². The fourth-order valence-electron chi connectivity index (χ4n) is 2.07. The van der Waals surface area contributed by atoms with Crippen molar-refractivity contribution in [1.29, 1.82) is 0 Å². The van der Waals surface area contributed by atoms with Crippen LogP contribution in [0.4, 0.5) is 0 Å². The minimum Gasteiger partial charge on any atom is -0.352 e. The highest BCUT2D eigenvalue weighted by Crippen LogP contribution is 2.21. The van der Waals surface area contributed by atoms with E-state index in [2.05, 4.69) is 5.32 Å². The van der Waals surface area contributed by atoms with Crippen LogP contribution in [0, 0.1) is 0 Å².